The van der Waals surface area contributed by atoms with Gasteiger partial charge in [0.1, 0.15) is 4.90 Å². The summed E-state index contributed by atoms with van der Waals surface area (Å²) in [6.45, 7) is 0. The number of halogens is 1. The van der Waals surface area contributed by atoms with Crippen LogP contribution in [0.3, 0.4) is 0 Å². The van der Waals surface area contributed by atoms with Crippen LogP contribution in [-0.2, 0) is 30.4 Å². The average Bonchev–Trinajstić information content (AvgIpc) is 2.50. The molecule has 0 aliphatic rings. The van der Waals surface area contributed by atoms with Gasteiger partial charge in [-0.2, -0.15) is 25.3 Å². The fourth-order valence-electron chi connectivity index (χ4n) is 1.88. The highest BCUT2D eigenvalue weighted by Gasteiger charge is 2.20. The van der Waals surface area contributed by atoms with Gasteiger partial charge in [0.2, 0.25) is 0 Å². The molecule has 0 saturated heterocycles. The Balaban J connectivity index is 2.42. The Kier molecular flexibility index (Phi) is 5.72. The number of rotatable bonds is 6. The summed E-state index contributed by atoms with van der Waals surface area (Å²) in [7, 11) is -13.9. The maximum Gasteiger partial charge on any atom is 0.296 e. The quantitative estimate of drug-likeness (QED) is 0.311. The molecule has 0 heterocycles. The number of nitrogens with one attached hydrogen (secondary N) is 2. The fourth-order valence-corrected chi connectivity index (χ4v) is 3.82. The molecule has 0 spiro atoms. The molecule has 0 unspecified atom stereocenters. The zero-order valence-electron chi connectivity index (χ0n) is 12.9. The van der Waals surface area contributed by atoms with Crippen molar-refractivity contribution < 1.29 is 38.9 Å². The van der Waals surface area contributed by atoms with Crippen LogP contribution in [-0.4, -0.2) is 38.9 Å². The third kappa shape index (κ3) is 5.29. The lowest BCUT2D eigenvalue weighted by molar-refractivity contribution is 0.479. The number of hydrazine groups is 1. The SMILES string of the molecule is O=S(=O)(O)c1ccc(NNc2cc(S(=O)(=O)O)ccc2S(=O)(=O)O)c(Cl)c1. The minimum Gasteiger partial charge on any atom is -0.299 e. The van der Waals surface area contributed by atoms with E-state index in [1.807, 2.05) is 0 Å². The Hall–Kier alpha value is -1.94. The van der Waals surface area contributed by atoms with E-state index in [0.717, 1.165) is 36.4 Å². The van der Waals surface area contributed by atoms with Crippen molar-refractivity contribution in [1.29, 1.82) is 0 Å². The van der Waals surface area contributed by atoms with E-state index >= 15 is 0 Å². The van der Waals surface area contributed by atoms with Crippen molar-refractivity contribution >= 4 is 53.3 Å². The number of benzene rings is 2. The molecule has 5 N–H and O–H groups in total. The summed E-state index contributed by atoms with van der Waals surface area (Å²) < 4.78 is 94.5. The third-order valence-corrected chi connectivity index (χ3v) is 6.02. The Morgan fingerprint density at radius 3 is 1.63 bits per heavy atom. The molecule has 0 fully saturated rings. The molecule has 0 aliphatic carbocycles. The summed E-state index contributed by atoms with van der Waals surface area (Å²) in [5.41, 5.74) is 4.24. The van der Waals surface area contributed by atoms with E-state index in [0.29, 0.717) is 0 Å². The molecule has 0 saturated carbocycles. The lowest BCUT2D eigenvalue weighted by Gasteiger charge is -2.14. The van der Waals surface area contributed by atoms with Crippen LogP contribution in [0.5, 0.6) is 0 Å². The van der Waals surface area contributed by atoms with Gasteiger partial charge >= 0.3 is 0 Å². The van der Waals surface area contributed by atoms with Crippen LogP contribution in [0.4, 0.5) is 11.4 Å². The monoisotopic (exact) mass is 458 g/mol. The molecule has 0 atom stereocenters. The first-order valence-electron chi connectivity index (χ1n) is 6.58. The first-order chi connectivity index (χ1) is 12.2. The highest BCUT2D eigenvalue weighted by molar-refractivity contribution is 7.86. The molecule has 148 valence electrons. The molecule has 0 aromatic heterocycles. The lowest BCUT2D eigenvalue weighted by atomic mass is 10.3. The minimum atomic E-state index is -4.76. The molecular formula is C12H11ClN2O9S3. The molecule has 15 heteroatoms. The van der Waals surface area contributed by atoms with Crippen molar-refractivity contribution in [2.45, 2.75) is 14.7 Å². The zero-order valence-corrected chi connectivity index (χ0v) is 16.1. The van der Waals surface area contributed by atoms with Gasteiger partial charge in [-0.3, -0.25) is 24.5 Å². The standard InChI is InChI=1S/C12H11ClN2O9S3/c13-9-5-7(25(16,17)18)1-3-10(9)14-15-11-6-8(26(19,20)21)2-4-12(11)27(22,23)24/h1-6,14-15H,(H,16,17,18)(H,19,20,21)(H,22,23,24). The van der Waals surface area contributed by atoms with Crippen LogP contribution in [0.25, 0.3) is 0 Å². The van der Waals surface area contributed by atoms with Crippen molar-refractivity contribution in [3.05, 3.63) is 41.4 Å². The summed E-state index contributed by atoms with van der Waals surface area (Å²) >= 11 is 5.85. The van der Waals surface area contributed by atoms with Crippen LogP contribution in [0.2, 0.25) is 5.02 Å². The van der Waals surface area contributed by atoms with Gasteiger partial charge in [-0.15, -0.1) is 0 Å². The number of hydrogen-bond donors (Lipinski definition) is 5. The molecule has 27 heavy (non-hydrogen) atoms. The van der Waals surface area contributed by atoms with Gasteiger partial charge in [-0.1, -0.05) is 11.6 Å². The van der Waals surface area contributed by atoms with E-state index in [1.54, 1.807) is 0 Å². The van der Waals surface area contributed by atoms with Crippen molar-refractivity contribution in [2.24, 2.45) is 0 Å². The molecule has 2 rings (SSSR count). The van der Waals surface area contributed by atoms with E-state index in [1.165, 1.54) is 0 Å². The predicted molar refractivity (Wildman–Crippen MR) is 94.6 cm³/mol. The van der Waals surface area contributed by atoms with E-state index in [-0.39, 0.29) is 10.7 Å². The van der Waals surface area contributed by atoms with E-state index in [2.05, 4.69) is 10.9 Å². The molecular weight excluding hydrogens is 448 g/mol. The molecule has 0 bridgehead atoms. The van der Waals surface area contributed by atoms with Gasteiger partial charge in [-0.05, 0) is 36.4 Å². The van der Waals surface area contributed by atoms with Crippen LogP contribution >= 0.6 is 11.6 Å². The smallest absolute Gasteiger partial charge is 0.296 e. The Morgan fingerprint density at radius 2 is 1.15 bits per heavy atom. The summed E-state index contributed by atoms with van der Waals surface area (Å²) in [6.07, 6.45) is 0. The Bertz CT molecular complexity index is 1210. The normalized spacial score (nSPS) is 12.6. The van der Waals surface area contributed by atoms with Crippen molar-refractivity contribution in [1.82, 2.24) is 0 Å². The minimum absolute atomic E-state index is 0.0163. The molecule has 11 nitrogen and oxygen atoms in total. The zero-order chi connectivity index (χ0) is 20.6. The van der Waals surface area contributed by atoms with Gasteiger partial charge in [-0.25, -0.2) is 0 Å². The highest BCUT2D eigenvalue weighted by atomic mass is 35.5. The molecule has 0 aliphatic heterocycles. The van der Waals surface area contributed by atoms with Crippen LogP contribution in [0.1, 0.15) is 0 Å². The van der Waals surface area contributed by atoms with Gasteiger partial charge in [0.15, 0.2) is 0 Å². The van der Waals surface area contributed by atoms with Crippen LogP contribution in [0, 0.1) is 0 Å². The third-order valence-electron chi connectivity index (χ3n) is 3.10. The summed E-state index contributed by atoms with van der Waals surface area (Å²) in [5, 5.41) is -0.197. The number of anilines is 2. The second-order valence-corrected chi connectivity index (χ2v) is 9.62. The average molecular weight is 459 g/mol. The van der Waals surface area contributed by atoms with Gasteiger partial charge in [0.25, 0.3) is 30.4 Å². The summed E-state index contributed by atoms with van der Waals surface area (Å²) in [5.74, 6) is 0. The second-order valence-electron chi connectivity index (χ2n) is 4.97. The van der Waals surface area contributed by atoms with Crippen molar-refractivity contribution in [3.63, 3.8) is 0 Å². The molecule has 0 amide bonds. The highest BCUT2D eigenvalue weighted by Crippen LogP contribution is 2.28. The number of hydrogen-bond acceptors (Lipinski definition) is 8. The van der Waals surface area contributed by atoms with Crippen LogP contribution < -0.4 is 10.9 Å². The Morgan fingerprint density at radius 1 is 0.667 bits per heavy atom. The first-order valence-corrected chi connectivity index (χ1v) is 11.3. The maximum absolute atomic E-state index is 11.4. The van der Waals surface area contributed by atoms with Crippen molar-refractivity contribution in [3.8, 4) is 0 Å². The van der Waals surface area contributed by atoms with Gasteiger partial charge < -0.3 is 0 Å². The molecule has 2 aromatic carbocycles. The fraction of sp³-hybridized carbons (Fsp3) is 0. The predicted octanol–water partition coefficient (Wildman–Crippen LogP) is 1.52. The maximum atomic E-state index is 11.4. The first kappa shape index (κ1) is 21.4. The molecule has 0 radical (unpaired) electrons. The summed E-state index contributed by atoms with van der Waals surface area (Å²) in [4.78, 5) is -1.87. The van der Waals surface area contributed by atoms with E-state index in [9.17, 15) is 29.8 Å². The van der Waals surface area contributed by atoms with E-state index < -0.39 is 50.7 Å². The molecule has 2 aromatic rings. The Labute approximate surface area is 159 Å². The van der Waals surface area contributed by atoms with Crippen LogP contribution in [0.15, 0.2) is 51.1 Å². The van der Waals surface area contributed by atoms with E-state index in [4.69, 9.17) is 20.7 Å². The lowest BCUT2D eigenvalue weighted by Crippen LogP contribution is -2.14. The second kappa shape index (κ2) is 7.23. The largest absolute Gasteiger partial charge is 0.299 e. The van der Waals surface area contributed by atoms with Crippen molar-refractivity contribution in [2.75, 3.05) is 10.9 Å². The van der Waals surface area contributed by atoms with Gasteiger partial charge in [0, 0.05) is 0 Å². The van der Waals surface area contributed by atoms with Gasteiger partial charge in [0.05, 0.1) is 26.2 Å². The topological polar surface area (TPSA) is 187 Å². The summed E-state index contributed by atoms with van der Waals surface area (Å²) in [6, 6.07) is 5.25.